The number of nitrogens with two attached hydrogens (primary N) is 3. The summed E-state index contributed by atoms with van der Waals surface area (Å²) in [6.45, 7) is 0. The summed E-state index contributed by atoms with van der Waals surface area (Å²) in [5.41, 5.74) is 15.5. The van der Waals surface area contributed by atoms with Crippen LogP contribution in [0.3, 0.4) is 0 Å². The van der Waals surface area contributed by atoms with Crippen molar-refractivity contribution in [3.8, 4) is 0 Å². The lowest BCUT2D eigenvalue weighted by Gasteiger charge is -2.23. The number of hydrogen-bond donors (Lipinski definition) is 9. The quantitative estimate of drug-likeness (QED) is 0.0936. The number of carbonyl (C=O) groups excluding carboxylic acids is 5. The van der Waals surface area contributed by atoms with E-state index in [0.29, 0.717) is 0 Å². The van der Waals surface area contributed by atoms with Gasteiger partial charge in [-0.1, -0.05) is 0 Å². The Morgan fingerprint density at radius 3 is 1.64 bits per heavy atom. The summed E-state index contributed by atoms with van der Waals surface area (Å²) in [5.74, 6) is -7.69. The minimum absolute atomic E-state index is 0.147. The summed E-state index contributed by atoms with van der Waals surface area (Å²) in [6.07, 6.45) is -1.85. The Kier molecular flexibility index (Phi) is 13.1. The summed E-state index contributed by atoms with van der Waals surface area (Å²) in [7, 11) is 0. The second kappa shape index (κ2) is 14.6. The molecule has 0 saturated carbocycles. The molecule has 186 valence electrons. The molecule has 15 nitrogen and oxygen atoms in total. The van der Waals surface area contributed by atoms with E-state index < -0.39 is 72.1 Å². The maximum atomic E-state index is 12.5. The fourth-order valence-electron chi connectivity index (χ4n) is 2.37. The smallest absolute Gasteiger partial charge is 0.326 e. The van der Waals surface area contributed by atoms with Gasteiger partial charge < -0.3 is 43.4 Å². The Morgan fingerprint density at radius 1 is 0.727 bits per heavy atom. The molecule has 0 aliphatic heterocycles. The molecule has 0 fully saturated rings. The summed E-state index contributed by atoms with van der Waals surface area (Å²) >= 11 is 3.91. The molecule has 0 rings (SSSR count). The van der Waals surface area contributed by atoms with Crippen molar-refractivity contribution < 1.29 is 43.8 Å². The summed E-state index contributed by atoms with van der Waals surface area (Å²) in [6, 6.07) is -5.79. The minimum atomic E-state index is -1.64. The molecule has 0 aromatic rings. The Bertz CT molecular complexity index is 778. The highest BCUT2D eigenvalue weighted by atomic mass is 32.1. The third-order valence-corrected chi connectivity index (χ3v) is 4.52. The highest BCUT2D eigenvalue weighted by Gasteiger charge is 2.31. The monoisotopic (exact) mass is 492 g/mol. The number of carboxylic acid groups (broad SMARTS) is 2. The number of rotatable bonds is 16. The number of amides is 5. The van der Waals surface area contributed by atoms with Crippen LogP contribution in [0.4, 0.5) is 0 Å². The van der Waals surface area contributed by atoms with E-state index in [1.165, 1.54) is 0 Å². The average molecular weight is 493 g/mol. The Hall–Kier alpha value is -3.40. The molecular weight excluding hydrogens is 464 g/mol. The fraction of sp³-hybridized carbons (Fsp3) is 0.588. The van der Waals surface area contributed by atoms with Crippen LogP contribution in [0, 0.1) is 0 Å². The van der Waals surface area contributed by atoms with Crippen molar-refractivity contribution >= 4 is 54.1 Å². The van der Waals surface area contributed by atoms with Gasteiger partial charge in [0.15, 0.2) is 0 Å². The van der Waals surface area contributed by atoms with Crippen LogP contribution in [0.2, 0.25) is 0 Å². The van der Waals surface area contributed by atoms with E-state index in [2.05, 4.69) is 28.6 Å². The topological polar surface area (TPSA) is 274 Å². The molecule has 5 amide bonds. The average Bonchev–Trinajstić information content (AvgIpc) is 2.71. The van der Waals surface area contributed by atoms with Crippen LogP contribution in [-0.2, 0) is 33.6 Å². The predicted octanol–water partition coefficient (Wildman–Crippen LogP) is -4.21. The zero-order chi connectivity index (χ0) is 25.7. The van der Waals surface area contributed by atoms with Crippen LogP contribution in [0.15, 0.2) is 0 Å². The number of thiol groups is 1. The molecule has 16 heteroatoms. The van der Waals surface area contributed by atoms with Crippen LogP contribution in [0.1, 0.15) is 32.1 Å². The maximum Gasteiger partial charge on any atom is 0.326 e. The Labute approximate surface area is 193 Å². The minimum Gasteiger partial charge on any atom is -0.481 e. The van der Waals surface area contributed by atoms with Crippen LogP contribution in [0.5, 0.6) is 0 Å². The number of carboxylic acids is 2. The lowest BCUT2D eigenvalue weighted by molar-refractivity contribution is -0.143. The number of hydrogen-bond acceptors (Lipinski definition) is 9. The van der Waals surface area contributed by atoms with Gasteiger partial charge in [-0.15, -0.1) is 0 Å². The van der Waals surface area contributed by atoms with Gasteiger partial charge in [0, 0.05) is 18.6 Å². The van der Waals surface area contributed by atoms with Gasteiger partial charge in [0.2, 0.25) is 29.5 Å². The van der Waals surface area contributed by atoms with Crippen LogP contribution in [-0.4, -0.2) is 81.6 Å². The van der Waals surface area contributed by atoms with Crippen molar-refractivity contribution in [2.75, 3.05) is 5.75 Å². The Morgan fingerprint density at radius 2 is 1.18 bits per heavy atom. The number of aliphatic carboxylic acids is 2. The van der Waals surface area contributed by atoms with Crippen molar-refractivity contribution in [1.82, 2.24) is 16.0 Å². The van der Waals surface area contributed by atoms with Crippen LogP contribution in [0.25, 0.3) is 0 Å². The van der Waals surface area contributed by atoms with E-state index in [4.69, 9.17) is 27.4 Å². The molecular formula is C17H28N6O9S. The first kappa shape index (κ1) is 29.6. The third kappa shape index (κ3) is 12.3. The Balaban J connectivity index is 5.24. The van der Waals surface area contributed by atoms with E-state index in [-0.39, 0.29) is 31.4 Å². The molecule has 0 saturated heterocycles. The lowest BCUT2D eigenvalue weighted by atomic mass is 10.1. The first-order chi connectivity index (χ1) is 15.3. The number of primary amides is 2. The first-order valence-electron chi connectivity index (χ1n) is 9.57. The van der Waals surface area contributed by atoms with Gasteiger partial charge in [0.05, 0.1) is 12.5 Å². The van der Waals surface area contributed by atoms with E-state index in [9.17, 15) is 33.6 Å². The van der Waals surface area contributed by atoms with Crippen molar-refractivity contribution in [1.29, 1.82) is 0 Å². The van der Waals surface area contributed by atoms with Gasteiger partial charge >= 0.3 is 11.9 Å². The van der Waals surface area contributed by atoms with Crippen LogP contribution >= 0.6 is 12.6 Å². The molecule has 0 heterocycles. The number of carbonyl (C=O) groups is 7. The highest BCUT2D eigenvalue weighted by Crippen LogP contribution is 2.02. The molecule has 0 aromatic carbocycles. The molecule has 0 aliphatic carbocycles. The van der Waals surface area contributed by atoms with E-state index in [0.717, 1.165) is 0 Å². The SMILES string of the molecule is NC(=O)CCC(N)C(=O)NC(CC(=O)O)C(=O)NC(CS)C(=O)NC(CCC(N)=O)C(=O)O. The van der Waals surface area contributed by atoms with Crippen molar-refractivity contribution in [3.05, 3.63) is 0 Å². The van der Waals surface area contributed by atoms with Crippen LogP contribution < -0.4 is 33.2 Å². The predicted molar refractivity (Wildman–Crippen MR) is 114 cm³/mol. The molecule has 4 atom stereocenters. The zero-order valence-electron chi connectivity index (χ0n) is 17.5. The van der Waals surface area contributed by atoms with Gasteiger partial charge in [-0.05, 0) is 12.8 Å². The molecule has 0 radical (unpaired) electrons. The molecule has 33 heavy (non-hydrogen) atoms. The van der Waals surface area contributed by atoms with Gasteiger partial charge in [0.1, 0.15) is 18.1 Å². The van der Waals surface area contributed by atoms with E-state index in [1.807, 2.05) is 0 Å². The lowest BCUT2D eigenvalue weighted by Crippen LogP contribution is -2.58. The molecule has 0 spiro atoms. The second-order valence-electron chi connectivity index (χ2n) is 6.92. The van der Waals surface area contributed by atoms with E-state index >= 15 is 0 Å². The number of nitrogens with one attached hydrogen (secondary N) is 3. The normalized spacial score (nSPS) is 14.1. The zero-order valence-corrected chi connectivity index (χ0v) is 18.4. The summed E-state index contributed by atoms with van der Waals surface area (Å²) in [5, 5.41) is 24.6. The van der Waals surface area contributed by atoms with Gasteiger partial charge in [-0.3, -0.25) is 28.8 Å². The molecule has 11 N–H and O–H groups in total. The molecule has 0 aromatic heterocycles. The first-order valence-corrected chi connectivity index (χ1v) is 10.2. The fourth-order valence-corrected chi connectivity index (χ4v) is 2.63. The van der Waals surface area contributed by atoms with Gasteiger partial charge in [-0.2, -0.15) is 12.6 Å². The van der Waals surface area contributed by atoms with Crippen molar-refractivity contribution in [2.45, 2.75) is 56.3 Å². The standard InChI is InChI=1S/C17H28N6O9S/c18-7(1-3-11(19)24)14(28)22-9(5-13(26)27)15(29)23-10(6-33)16(30)21-8(17(31)32)2-4-12(20)25/h7-10,33H,1-6,18H2,(H2,19,24)(H2,20,25)(H,21,30)(H,22,28)(H,23,29)(H,26,27)(H,31,32). The van der Waals surface area contributed by atoms with Gasteiger partial charge in [0.25, 0.3) is 0 Å². The molecule has 4 unspecified atom stereocenters. The summed E-state index contributed by atoms with van der Waals surface area (Å²) < 4.78 is 0. The van der Waals surface area contributed by atoms with Crippen molar-refractivity contribution in [2.24, 2.45) is 17.2 Å². The molecule has 0 bridgehead atoms. The summed E-state index contributed by atoms with van der Waals surface area (Å²) in [4.78, 5) is 81.0. The van der Waals surface area contributed by atoms with Crippen molar-refractivity contribution in [3.63, 3.8) is 0 Å². The molecule has 0 aliphatic rings. The highest BCUT2D eigenvalue weighted by molar-refractivity contribution is 7.80. The van der Waals surface area contributed by atoms with E-state index in [1.54, 1.807) is 0 Å². The third-order valence-electron chi connectivity index (χ3n) is 4.16. The maximum absolute atomic E-state index is 12.5. The second-order valence-corrected chi connectivity index (χ2v) is 7.28. The largest absolute Gasteiger partial charge is 0.481 e. The van der Waals surface area contributed by atoms with Gasteiger partial charge in [-0.25, -0.2) is 4.79 Å².